The lowest BCUT2D eigenvalue weighted by Gasteiger charge is -2.08. The molecular weight excluding hydrogens is 390 g/mol. The number of hydrogen-bond donors (Lipinski definition) is 1. The first-order valence-corrected chi connectivity index (χ1v) is 9.88. The lowest BCUT2D eigenvalue weighted by atomic mass is 10.2. The van der Waals surface area contributed by atoms with Gasteiger partial charge in [0.05, 0.1) is 20.4 Å². The molecule has 2 aromatic rings. The smallest absolute Gasteiger partial charge is 0.340 e. The second-order valence-electron chi connectivity index (χ2n) is 4.84. The van der Waals surface area contributed by atoms with E-state index in [0.29, 0.717) is 4.88 Å². The normalized spacial score (nSPS) is 11.0. The minimum atomic E-state index is -3.54. The summed E-state index contributed by atoms with van der Waals surface area (Å²) in [6.07, 6.45) is 0.981. The number of imide groups is 1. The first kappa shape index (κ1) is 19.1. The monoisotopic (exact) mass is 401 g/mol. The van der Waals surface area contributed by atoms with Crippen LogP contribution in [0.15, 0.2) is 40.6 Å². The molecule has 0 unspecified atom stereocenters. The number of ether oxygens (including phenoxy) is 1. The van der Waals surface area contributed by atoms with Gasteiger partial charge in [-0.05, 0) is 29.6 Å². The van der Waals surface area contributed by atoms with Gasteiger partial charge in [-0.3, -0.25) is 14.9 Å². The van der Waals surface area contributed by atoms with Gasteiger partial charge in [-0.2, -0.15) is 0 Å². The molecule has 0 spiro atoms. The van der Waals surface area contributed by atoms with E-state index < -0.39 is 34.2 Å². The highest BCUT2D eigenvalue weighted by molar-refractivity contribution is 7.90. The van der Waals surface area contributed by atoms with E-state index >= 15 is 0 Å². The predicted octanol–water partition coefficient (Wildman–Crippen LogP) is 1.92. The van der Waals surface area contributed by atoms with Crippen molar-refractivity contribution in [2.75, 3.05) is 12.9 Å². The molecule has 0 radical (unpaired) electrons. The molecule has 10 heteroatoms. The Bertz CT molecular complexity index is 922. The molecular formula is C15H12ClNO6S2. The molecule has 0 aliphatic carbocycles. The van der Waals surface area contributed by atoms with E-state index in [1.165, 1.54) is 18.2 Å². The van der Waals surface area contributed by atoms with Crippen LogP contribution < -0.4 is 5.32 Å². The highest BCUT2D eigenvalue weighted by Crippen LogP contribution is 2.21. The van der Waals surface area contributed by atoms with Crippen LogP contribution in [0, 0.1) is 0 Å². The maximum Gasteiger partial charge on any atom is 0.340 e. The third-order valence-corrected chi connectivity index (χ3v) is 5.23. The van der Waals surface area contributed by atoms with Gasteiger partial charge in [0.15, 0.2) is 16.4 Å². The summed E-state index contributed by atoms with van der Waals surface area (Å²) in [6.45, 7) is -0.713. The lowest BCUT2D eigenvalue weighted by Crippen LogP contribution is -2.33. The van der Waals surface area contributed by atoms with Crippen molar-refractivity contribution in [2.45, 2.75) is 4.90 Å². The number of halogens is 1. The zero-order valence-electron chi connectivity index (χ0n) is 12.8. The largest absolute Gasteiger partial charge is 0.452 e. The van der Waals surface area contributed by atoms with Crippen molar-refractivity contribution in [3.05, 3.63) is 51.2 Å². The molecule has 0 aliphatic rings. The fourth-order valence-electron chi connectivity index (χ4n) is 1.73. The minimum Gasteiger partial charge on any atom is -0.452 e. The average molecular weight is 402 g/mol. The van der Waals surface area contributed by atoms with Gasteiger partial charge in [0, 0.05) is 6.26 Å². The summed E-state index contributed by atoms with van der Waals surface area (Å²) in [4.78, 5) is 35.6. The highest BCUT2D eigenvalue weighted by atomic mass is 35.5. The number of hydrogen-bond acceptors (Lipinski definition) is 7. The summed E-state index contributed by atoms with van der Waals surface area (Å²) in [7, 11) is -3.54. The van der Waals surface area contributed by atoms with Crippen molar-refractivity contribution in [1.82, 2.24) is 5.32 Å². The van der Waals surface area contributed by atoms with Crippen molar-refractivity contribution >= 4 is 50.6 Å². The summed E-state index contributed by atoms with van der Waals surface area (Å²) < 4.78 is 27.8. The minimum absolute atomic E-state index is 0.0209. The van der Waals surface area contributed by atoms with Gasteiger partial charge < -0.3 is 4.74 Å². The summed E-state index contributed by atoms with van der Waals surface area (Å²) in [5.74, 6) is -2.40. The van der Waals surface area contributed by atoms with Crippen LogP contribution in [-0.4, -0.2) is 39.1 Å². The van der Waals surface area contributed by atoms with Crippen molar-refractivity contribution < 1.29 is 27.5 Å². The van der Waals surface area contributed by atoms with E-state index in [-0.39, 0.29) is 15.5 Å². The van der Waals surface area contributed by atoms with E-state index in [9.17, 15) is 22.8 Å². The molecule has 0 fully saturated rings. The molecule has 1 heterocycles. The zero-order valence-corrected chi connectivity index (χ0v) is 15.2. The number of benzene rings is 1. The fraction of sp³-hybridized carbons (Fsp3) is 0.133. The van der Waals surface area contributed by atoms with Gasteiger partial charge in [0.25, 0.3) is 11.8 Å². The number of carbonyl (C=O) groups excluding carboxylic acids is 3. The second-order valence-corrected chi connectivity index (χ2v) is 8.22. The number of amides is 2. The molecule has 1 aromatic carbocycles. The van der Waals surface area contributed by atoms with Crippen molar-refractivity contribution in [3.63, 3.8) is 0 Å². The summed E-state index contributed by atoms with van der Waals surface area (Å²) in [5.41, 5.74) is -0.193. The Morgan fingerprint density at radius 1 is 1.24 bits per heavy atom. The van der Waals surface area contributed by atoms with Gasteiger partial charge in [-0.25, -0.2) is 13.2 Å². The van der Waals surface area contributed by atoms with E-state index in [1.807, 2.05) is 0 Å². The van der Waals surface area contributed by atoms with Gasteiger partial charge in [-0.15, -0.1) is 11.3 Å². The number of sulfone groups is 1. The van der Waals surface area contributed by atoms with Gasteiger partial charge in [-0.1, -0.05) is 17.7 Å². The average Bonchev–Trinajstić information content (AvgIpc) is 3.06. The zero-order chi connectivity index (χ0) is 18.6. The van der Waals surface area contributed by atoms with E-state index in [2.05, 4.69) is 5.32 Å². The van der Waals surface area contributed by atoms with Crippen molar-refractivity contribution in [3.8, 4) is 0 Å². The fourth-order valence-corrected chi connectivity index (χ4v) is 3.19. The second kappa shape index (κ2) is 7.77. The van der Waals surface area contributed by atoms with E-state index in [0.717, 1.165) is 23.7 Å². The molecule has 0 saturated carbocycles. The molecule has 25 heavy (non-hydrogen) atoms. The van der Waals surface area contributed by atoms with E-state index in [4.69, 9.17) is 16.3 Å². The quantitative estimate of drug-likeness (QED) is 0.767. The summed E-state index contributed by atoms with van der Waals surface area (Å²) in [6, 6.07) is 6.75. The molecule has 0 bridgehead atoms. The topological polar surface area (TPSA) is 107 Å². The van der Waals surface area contributed by atoms with Crippen LogP contribution in [0.1, 0.15) is 20.0 Å². The predicted molar refractivity (Wildman–Crippen MR) is 91.6 cm³/mol. The van der Waals surface area contributed by atoms with Crippen LogP contribution in [0.25, 0.3) is 0 Å². The number of rotatable bonds is 5. The maximum atomic E-state index is 12.0. The molecule has 2 amide bonds. The summed E-state index contributed by atoms with van der Waals surface area (Å²) >= 11 is 7.01. The maximum absolute atomic E-state index is 12.0. The van der Waals surface area contributed by atoms with Gasteiger partial charge in [0.1, 0.15) is 0 Å². The van der Waals surface area contributed by atoms with Crippen LogP contribution >= 0.6 is 22.9 Å². The summed E-state index contributed by atoms with van der Waals surface area (Å²) in [5, 5.41) is 3.72. The highest BCUT2D eigenvalue weighted by Gasteiger charge is 2.18. The first-order chi connectivity index (χ1) is 11.7. The molecule has 7 nitrogen and oxygen atoms in total. The Labute approximate surface area is 152 Å². The number of nitrogens with one attached hydrogen (secondary N) is 1. The standard InChI is InChI=1S/C15H12ClNO6S2/c1-25(21,22)9-4-5-11(16)10(7-9)15(20)23-8-13(18)17-14(19)12-3-2-6-24-12/h2-7H,8H2,1H3,(H,17,18,19). The number of carbonyl (C=O) groups is 3. The van der Waals surface area contributed by atoms with Crippen molar-refractivity contribution in [2.24, 2.45) is 0 Å². The third-order valence-electron chi connectivity index (χ3n) is 2.92. The SMILES string of the molecule is CS(=O)(=O)c1ccc(Cl)c(C(=O)OCC(=O)NC(=O)c2cccs2)c1. The third kappa shape index (κ3) is 5.12. The molecule has 0 saturated heterocycles. The molecule has 1 aromatic heterocycles. The first-order valence-electron chi connectivity index (χ1n) is 6.73. The van der Waals surface area contributed by atoms with Crippen LogP contribution in [-0.2, 0) is 19.4 Å². The van der Waals surface area contributed by atoms with Crippen LogP contribution in [0.4, 0.5) is 0 Å². The van der Waals surface area contributed by atoms with Gasteiger partial charge in [0.2, 0.25) is 0 Å². The Balaban J connectivity index is 2.00. The Morgan fingerprint density at radius 2 is 1.96 bits per heavy atom. The molecule has 0 aliphatic heterocycles. The Kier molecular flexibility index (Phi) is 5.93. The van der Waals surface area contributed by atoms with Crippen LogP contribution in [0.3, 0.4) is 0 Å². The molecule has 132 valence electrons. The Morgan fingerprint density at radius 3 is 2.56 bits per heavy atom. The van der Waals surface area contributed by atoms with Gasteiger partial charge >= 0.3 is 5.97 Å². The lowest BCUT2D eigenvalue weighted by molar-refractivity contribution is -0.123. The van der Waals surface area contributed by atoms with Crippen LogP contribution in [0.2, 0.25) is 5.02 Å². The molecule has 1 N–H and O–H groups in total. The van der Waals surface area contributed by atoms with Crippen LogP contribution in [0.5, 0.6) is 0 Å². The van der Waals surface area contributed by atoms with Crippen molar-refractivity contribution in [1.29, 1.82) is 0 Å². The molecule has 2 rings (SSSR count). The molecule has 0 atom stereocenters. The van der Waals surface area contributed by atoms with E-state index in [1.54, 1.807) is 11.4 Å². The number of esters is 1. The number of thiophene rings is 1. The Hall–Kier alpha value is -2.23.